The van der Waals surface area contributed by atoms with Gasteiger partial charge in [-0.2, -0.15) is 0 Å². The first kappa shape index (κ1) is 17.6. The average molecular weight is 320 g/mol. The Hall–Kier alpha value is -1.71. The molecule has 0 fully saturated rings. The van der Waals surface area contributed by atoms with Crippen molar-refractivity contribution in [2.24, 2.45) is 0 Å². The number of ether oxygens (including phenoxy) is 2. The second-order valence-electron chi connectivity index (χ2n) is 6.35. The lowest BCUT2D eigenvalue weighted by molar-refractivity contribution is 0.0314. The van der Waals surface area contributed by atoms with Gasteiger partial charge in [-0.25, -0.2) is 4.79 Å². The second-order valence-corrected chi connectivity index (χ2v) is 6.35. The Morgan fingerprint density at radius 2 is 1.96 bits per heavy atom. The summed E-state index contributed by atoms with van der Waals surface area (Å²) in [5.74, 6) is 0.159. The van der Waals surface area contributed by atoms with Gasteiger partial charge < -0.3 is 14.6 Å². The third-order valence-corrected chi connectivity index (χ3v) is 4.21. The summed E-state index contributed by atoms with van der Waals surface area (Å²) in [6, 6.07) is 3.40. The van der Waals surface area contributed by atoms with Crippen LogP contribution in [0.3, 0.4) is 0 Å². The third-order valence-electron chi connectivity index (χ3n) is 4.21. The van der Waals surface area contributed by atoms with Crippen molar-refractivity contribution < 1.29 is 19.4 Å². The Kier molecular flexibility index (Phi) is 6.75. The number of phenols is 1. The summed E-state index contributed by atoms with van der Waals surface area (Å²) in [5, 5.41) is 10.3. The number of phenolic OH excluding ortho intramolecular Hbond substituents is 1. The highest BCUT2D eigenvalue weighted by molar-refractivity contribution is 5.94. The number of cyclic esters (lactones) is 1. The second kappa shape index (κ2) is 8.80. The van der Waals surface area contributed by atoms with Gasteiger partial charge in [0.1, 0.15) is 17.1 Å². The normalized spacial score (nSPS) is 19.9. The quantitative estimate of drug-likeness (QED) is 0.825. The Labute approximate surface area is 138 Å². The van der Waals surface area contributed by atoms with Crippen LogP contribution in [0.15, 0.2) is 12.1 Å². The van der Waals surface area contributed by atoms with Gasteiger partial charge in [-0.05, 0) is 50.7 Å². The molecule has 1 N–H and O–H groups in total. The molecule has 0 radical (unpaired) electrons. The smallest absolute Gasteiger partial charge is 0.342 e. The minimum atomic E-state index is -0.424. The van der Waals surface area contributed by atoms with Crippen LogP contribution in [0.5, 0.6) is 11.5 Å². The molecule has 23 heavy (non-hydrogen) atoms. The van der Waals surface area contributed by atoms with Gasteiger partial charge in [-0.1, -0.05) is 26.2 Å². The van der Waals surface area contributed by atoms with E-state index in [4.69, 9.17) is 9.47 Å². The van der Waals surface area contributed by atoms with E-state index in [0.717, 1.165) is 44.1 Å². The van der Waals surface area contributed by atoms with Gasteiger partial charge in [0, 0.05) is 6.07 Å². The Morgan fingerprint density at radius 3 is 2.74 bits per heavy atom. The molecule has 2 rings (SSSR count). The molecule has 1 aromatic rings. The number of benzene rings is 1. The number of hydrogen-bond acceptors (Lipinski definition) is 4. The molecule has 0 spiro atoms. The van der Waals surface area contributed by atoms with E-state index in [1.54, 1.807) is 0 Å². The predicted octanol–water partition coefficient (Wildman–Crippen LogP) is 4.62. The number of aryl methyl sites for hydroxylation is 1. The van der Waals surface area contributed by atoms with E-state index in [1.165, 1.54) is 18.9 Å². The number of fused-ring (bicyclic) bond motifs is 1. The number of esters is 1. The summed E-state index contributed by atoms with van der Waals surface area (Å²) in [5.41, 5.74) is 1.13. The maximum absolute atomic E-state index is 12.5. The zero-order valence-corrected chi connectivity index (χ0v) is 14.3. The van der Waals surface area contributed by atoms with Crippen molar-refractivity contribution in [1.82, 2.24) is 0 Å². The molecule has 0 aromatic heterocycles. The first-order chi connectivity index (χ1) is 11.1. The molecular weight excluding hydrogens is 292 g/mol. The number of carbonyl (C=O) groups excluding carboxylic acids is 1. The molecule has 4 heteroatoms. The van der Waals surface area contributed by atoms with E-state index in [0.29, 0.717) is 17.9 Å². The number of carbonyl (C=O) groups is 1. The highest BCUT2D eigenvalue weighted by atomic mass is 16.5. The molecule has 1 aromatic carbocycles. The van der Waals surface area contributed by atoms with Crippen LogP contribution in [0.4, 0.5) is 0 Å². The van der Waals surface area contributed by atoms with E-state index in [9.17, 15) is 9.90 Å². The molecule has 1 heterocycles. The zero-order valence-electron chi connectivity index (χ0n) is 14.3. The lowest BCUT2D eigenvalue weighted by atomic mass is 9.98. The molecule has 0 saturated carbocycles. The highest BCUT2D eigenvalue weighted by Gasteiger charge is 2.22. The van der Waals surface area contributed by atoms with Crippen LogP contribution in [0.1, 0.15) is 74.7 Å². The van der Waals surface area contributed by atoms with Gasteiger partial charge >= 0.3 is 5.97 Å². The van der Waals surface area contributed by atoms with Gasteiger partial charge in [0.2, 0.25) is 0 Å². The first-order valence-electron chi connectivity index (χ1n) is 8.81. The van der Waals surface area contributed by atoms with Crippen LogP contribution in [0.2, 0.25) is 0 Å². The van der Waals surface area contributed by atoms with E-state index < -0.39 is 5.97 Å². The van der Waals surface area contributed by atoms with Gasteiger partial charge in [0.15, 0.2) is 0 Å². The lowest BCUT2D eigenvalue weighted by Gasteiger charge is -2.18. The number of hydrogen-bond donors (Lipinski definition) is 1. The zero-order chi connectivity index (χ0) is 16.7. The van der Waals surface area contributed by atoms with Crippen LogP contribution < -0.4 is 4.74 Å². The summed E-state index contributed by atoms with van der Waals surface area (Å²) in [4.78, 5) is 12.5. The van der Waals surface area contributed by atoms with E-state index in [2.05, 4.69) is 0 Å². The molecule has 128 valence electrons. The maximum atomic E-state index is 12.5. The minimum Gasteiger partial charge on any atom is -0.507 e. The largest absolute Gasteiger partial charge is 0.507 e. The highest BCUT2D eigenvalue weighted by Crippen LogP contribution is 2.31. The summed E-state index contributed by atoms with van der Waals surface area (Å²) in [7, 11) is 0. The molecular formula is C19H28O4. The van der Waals surface area contributed by atoms with Crippen molar-refractivity contribution in [2.75, 3.05) is 6.61 Å². The molecule has 0 amide bonds. The van der Waals surface area contributed by atoms with Crippen molar-refractivity contribution in [1.29, 1.82) is 0 Å². The minimum absolute atomic E-state index is 0.0390. The van der Waals surface area contributed by atoms with Crippen molar-refractivity contribution in [3.05, 3.63) is 23.3 Å². The van der Waals surface area contributed by atoms with Gasteiger partial charge in [0.05, 0.1) is 12.7 Å². The van der Waals surface area contributed by atoms with Crippen molar-refractivity contribution >= 4 is 5.97 Å². The summed E-state index contributed by atoms with van der Waals surface area (Å²) in [6.45, 7) is 4.55. The monoisotopic (exact) mass is 320 g/mol. The van der Waals surface area contributed by atoms with E-state index >= 15 is 0 Å². The van der Waals surface area contributed by atoms with Crippen molar-refractivity contribution in [3.63, 3.8) is 0 Å². The third kappa shape index (κ3) is 5.15. The van der Waals surface area contributed by atoms with Crippen LogP contribution in [-0.2, 0) is 11.2 Å². The molecule has 0 aliphatic carbocycles. The van der Waals surface area contributed by atoms with Gasteiger partial charge in [-0.3, -0.25) is 0 Å². The summed E-state index contributed by atoms with van der Waals surface area (Å²) < 4.78 is 11.1. The van der Waals surface area contributed by atoms with Gasteiger partial charge in [-0.15, -0.1) is 0 Å². The fraction of sp³-hybridized carbons (Fsp3) is 0.632. The van der Waals surface area contributed by atoms with Crippen molar-refractivity contribution in [3.8, 4) is 11.5 Å². The molecule has 0 saturated heterocycles. The summed E-state index contributed by atoms with van der Waals surface area (Å²) in [6.07, 6.45) is 8.03. The molecule has 0 unspecified atom stereocenters. The first-order valence-corrected chi connectivity index (χ1v) is 8.81. The van der Waals surface area contributed by atoms with E-state index in [1.807, 2.05) is 19.9 Å². The Bertz CT molecular complexity index is 524. The SMILES string of the molecule is CCCOc1cc(O)c2c(c1)CCCCCCC[C@@H](C)OC2=O. The molecule has 1 aliphatic rings. The van der Waals surface area contributed by atoms with Crippen LogP contribution in [0, 0.1) is 0 Å². The number of aromatic hydroxyl groups is 1. The molecule has 0 bridgehead atoms. The predicted molar refractivity (Wildman–Crippen MR) is 90.2 cm³/mol. The van der Waals surface area contributed by atoms with Crippen molar-refractivity contribution in [2.45, 2.75) is 71.3 Å². The lowest BCUT2D eigenvalue weighted by Crippen LogP contribution is -2.17. The molecule has 1 aliphatic heterocycles. The molecule has 1 atom stereocenters. The van der Waals surface area contributed by atoms with Gasteiger partial charge in [0.25, 0.3) is 0 Å². The topological polar surface area (TPSA) is 55.8 Å². The average Bonchev–Trinajstić information content (AvgIpc) is 2.50. The standard InChI is InChI=1S/C19H28O4/c1-3-11-22-16-12-15-10-8-6-4-5-7-9-14(2)23-19(21)18(15)17(20)13-16/h12-14,20H,3-11H2,1-2H3/t14-/m1/s1. The van der Waals surface area contributed by atoms with Crippen LogP contribution >= 0.6 is 0 Å². The van der Waals surface area contributed by atoms with Crippen LogP contribution in [-0.4, -0.2) is 23.8 Å². The van der Waals surface area contributed by atoms with E-state index in [-0.39, 0.29) is 11.9 Å². The molecule has 4 nitrogen and oxygen atoms in total. The van der Waals surface area contributed by atoms with Crippen LogP contribution in [0.25, 0.3) is 0 Å². The summed E-state index contributed by atoms with van der Waals surface area (Å²) >= 11 is 0. The fourth-order valence-electron chi connectivity index (χ4n) is 2.97. The fourth-order valence-corrected chi connectivity index (χ4v) is 2.97. The Balaban J connectivity index is 2.29. The maximum Gasteiger partial charge on any atom is 0.342 e. The number of rotatable bonds is 3. The Morgan fingerprint density at radius 1 is 1.22 bits per heavy atom.